The summed E-state index contributed by atoms with van der Waals surface area (Å²) in [6, 6.07) is 15.6. The normalized spacial score (nSPS) is 13.2. The van der Waals surface area contributed by atoms with Crippen LogP contribution in [0.25, 0.3) is 0 Å². The van der Waals surface area contributed by atoms with Crippen LogP contribution in [0.3, 0.4) is 0 Å². The number of aryl methyl sites for hydroxylation is 1. The fraction of sp³-hybridized carbons (Fsp3) is 0.545. The molecule has 0 aromatic heterocycles. The molecule has 0 saturated heterocycles. The number of nitrogens with zero attached hydrogens (tertiary/aromatic N) is 1. The maximum absolute atomic E-state index is 14.4. The zero-order valence-electron chi connectivity index (χ0n) is 25.7. The van der Waals surface area contributed by atoms with Gasteiger partial charge in [-0.1, -0.05) is 81.3 Å². The Morgan fingerprint density at radius 3 is 2.00 bits per heavy atom. The van der Waals surface area contributed by atoms with Gasteiger partial charge >= 0.3 is 6.09 Å². The van der Waals surface area contributed by atoms with E-state index < -0.39 is 29.3 Å². The van der Waals surface area contributed by atoms with Gasteiger partial charge in [0.15, 0.2) is 0 Å². The van der Waals surface area contributed by atoms with Gasteiger partial charge in [0.25, 0.3) is 0 Å². The Kier molecular flexibility index (Phi) is 12.2. The summed E-state index contributed by atoms with van der Waals surface area (Å²) >= 11 is 0. The third kappa shape index (κ3) is 11.0. The molecule has 0 aliphatic rings. The monoisotopic (exact) mass is 551 g/mol. The first-order chi connectivity index (χ1) is 18.7. The minimum Gasteiger partial charge on any atom is -0.444 e. The number of rotatable bonds is 12. The Morgan fingerprint density at radius 1 is 0.850 bits per heavy atom. The third-order valence-electron chi connectivity index (χ3n) is 6.32. The zero-order chi connectivity index (χ0) is 29.9. The highest BCUT2D eigenvalue weighted by Gasteiger charge is 2.37. The molecule has 7 nitrogen and oxygen atoms in total. The SMILES string of the molecule is CCCCCN(C(=O)C(Cc1ccccc1)NC(=O)OC(C)(C)C)C(C(=O)NC(C)(C)C)c1ccc(CC)cc1. The lowest BCUT2D eigenvalue weighted by Crippen LogP contribution is -2.55. The average molecular weight is 552 g/mol. The second-order valence-electron chi connectivity index (χ2n) is 12.4. The van der Waals surface area contributed by atoms with Gasteiger partial charge in [-0.05, 0) is 71.1 Å². The summed E-state index contributed by atoms with van der Waals surface area (Å²) in [4.78, 5) is 42.8. The fourth-order valence-electron chi connectivity index (χ4n) is 4.44. The van der Waals surface area contributed by atoms with Crippen LogP contribution in [-0.4, -0.2) is 46.5 Å². The van der Waals surface area contributed by atoms with Gasteiger partial charge in [-0.3, -0.25) is 9.59 Å². The Hall–Kier alpha value is -3.35. The molecule has 2 atom stereocenters. The van der Waals surface area contributed by atoms with E-state index in [-0.39, 0.29) is 18.2 Å². The van der Waals surface area contributed by atoms with Gasteiger partial charge in [0.2, 0.25) is 11.8 Å². The van der Waals surface area contributed by atoms with Crippen LogP contribution in [0.1, 0.15) is 97.4 Å². The van der Waals surface area contributed by atoms with Crippen LogP contribution < -0.4 is 10.6 Å². The fourth-order valence-corrected chi connectivity index (χ4v) is 4.44. The number of amides is 3. The Morgan fingerprint density at radius 2 is 1.48 bits per heavy atom. The van der Waals surface area contributed by atoms with Gasteiger partial charge in [-0.25, -0.2) is 4.79 Å². The van der Waals surface area contributed by atoms with Crippen LogP contribution in [0.4, 0.5) is 4.79 Å². The van der Waals surface area contributed by atoms with Gasteiger partial charge < -0.3 is 20.3 Å². The van der Waals surface area contributed by atoms with Crippen molar-refractivity contribution < 1.29 is 19.1 Å². The van der Waals surface area contributed by atoms with Crippen molar-refractivity contribution in [1.29, 1.82) is 0 Å². The molecule has 2 N–H and O–H groups in total. The highest BCUT2D eigenvalue weighted by Crippen LogP contribution is 2.26. The number of hydrogen-bond donors (Lipinski definition) is 2. The van der Waals surface area contributed by atoms with E-state index in [0.29, 0.717) is 6.54 Å². The highest BCUT2D eigenvalue weighted by atomic mass is 16.6. The predicted molar refractivity (Wildman–Crippen MR) is 161 cm³/mol. The molecule has 0 aliphatic carbocycles. The van der Waals surface area contributed by atoms with Crippen molar-refractivity contribution >= 4 is 17.9 Å². The molecule has 0 aliphatic heterocycles. The van der Waals surface area contributed by atoms with Crippen LogP contribution in [-0.2, 0) is 27.2 Å². The second kappa shape index (κ2) is 14.9. The van der Waals surface area contributed by atoms with Gasteiger partial charge in [-0.2, -0.15) is 0 Å². The molecule has 0 fully saturated rings. The summed E-state index contributed by atoms with van der Waals surface area (Å²) in [5, 5.41) is 5.91. The molecule has 40 heavy (non-hydrogen) atoms. The molecule has 0 spiro atoms. The van der Waals surface area contributed by atoms with E-state index in [1.807, 2.05) is 75.4 Å². The molecule has 0 bridgehead atoms. The highest BCUT2D eigenvalue weighted by molar-refractivity contribution is 5.92. The number of carbonyl (C=O) groups is 3. The van der Waals surface area contributed by atoms with Crippen LogP contribution in [0, 0.1) is 0 Å². The van der Waals surface area contributed by atoms with Crippen LogP contribution in [0.2, 0.25) is 0 Å². The number of unbranched alkanes of at least 4 members (excludes halogenated alkanes) is 2. The minimum atomic E-state index is -0.918. The largest absolute Gasteiger partial charge is 0.444 e. The number of carbonyl (C=O) groups excluding carboxylic acids is 3. The molecule has 7 heteroatoms. The third-order valence-corrected chi connectivity index (χ3v) is 6.32. The van der Waals surface area contributed by atoms with Crippen molar-refractivity contribution in [2.24, 2.45) is 0 Å². The van der Waals surface area contributed by atoms with Crippen molar-refractivity contribution in [3.63, 3.8) is 0 Å². The summed E-state index contributed by atoms with van der Waals surface area (Å²) in [5.41, 5.74) is 1.57. The lowest BCUT2D eigenvalue weighted by Gasteiger charge is -2.36. The van der Waals surface area contributed by atoms with Gasteiger partial charge in [-0.15, -0.1) is 0 Å². The molecule has 2 aromatic rings. The lowest BCUT2D eigenvalue weighted by molar-refractivity contribution is -0.143. The van der Waals surface area contributed by atoms with Crippen molar-refractivity contribution in [2.75, 3.05) is 6.54 Å². The molecular weight excluding hydrogens is 502 g/mol. The van der Waals surface area contributed by atoms with E-state index in [1.165, 1.54) is 0 Å². The number of nitrogens with one attached hydrogen (secondary N) is 2. The zero-order valence-corrected chi connectivity index (χ0v) is 25.7. The summed E-state index contributed by atoms with van der Waals surface area (Å²) in [7, 11) is 0. The summed E-state index contributed by atoms with van der Waals surface area (Å²) in [6.07, 6.45) is 3.09. The topological polar surface area (TPSA) is 87.7 Å². The van der Waals surface area contributed by atoms with Crippen molar-refractivity contribution in [2.45, 2.75) is 111 Å². The first-order valence-electron chi connectivity index (χ1n) is 14.5. The molecule has 2 unspecified atom stereocenters. The van der Waals surface area contributed by atoms with Crippen LogP contribution in [0.5, 0.6) is 0 Å². The lowest BCUT2D eigenvalue weighted by atomic mass is 9.97. The van der Waals surface area contributed by atoms with Gasteiger partial charge in [0.05, 0.1) is 0 Å². The molecule has 0 heterocycles. The maximum Gasteiger partial charge on any atom is 0.408 e. The number of benzene rings is 2. The molecule has 2 aromatic carbocycles. The molecule has 0 saturated carbocycles. The molecule has 3 amide bonds. The Labute approximate surface area is 241 Å². The number of hydrogen-bond acceptors (Lipinski definition) is 4. The van der Waals surface area contributed by atoms with E-state index >= 15 is 0 Å². The molecule has 2 rings (SSSR count). The van der Waals surface area contributed by atoms with E-state index in [2.05, 4.69) is 24.5 Å². The van der Waals surface area contributed by atoms with Gasteiger partial charge in [0.1, 0.15) is 17.7 Å². The first-order valence-corrected chi connectivity index (χ1v) is 14.5. The molecule has 220 valence electrons. The second-order valence-corrected chi connectivity index (χ2v) is 12.4. The number of alkyl carbamates (subject to hydrolysis) is 1. The Bertz CT molecular complexity index is 1090. The standard InChI is InChI=1S/C33H49N3O4/c1-9-11-15-22-36(28(29(37)35-32(3,4)5)26-20-18-24(10-2)19-21-26)30(38)27(23-25-16-13-12-14-17-25)34-31(39)40-33(6,7)8/h12-14,16-21,27-28H,9-11,15,22-23H2,1-8H3,(H,34,39)(H,35,37). The maximum atomic E-state index is 14.4. The van der Waals surface area contributed by atoms with E-state index in [4.69, 9.17) is 4.74 Å². The predicted octanol–water partition coefficient (Wildman–Crippen LogP) is 6.36. The van der Waals surface area contributed by atoms with Crippen molar-refractivity contribution in [3.8, 4) is 0 Å². The quantitative estimate of drug-likeness (QED) is 0.301. The summed E-state index contributed by atoms with van der Waals surface area (Å²) in [5.74, 6) is -0.572. The number of ether oxygens (including phenoxy) is 1. The summed E-state index contributed by atoms with van der Waals surface area (Å²) < 4.78 is 5.52. The van der Waals surface area contributed by atoms with Crippen molar-refractivity contribution in [3.05, 3.63) is 71.3 Å². The Balaban J connectivity index is 2.57. The van der Waals surface area contributed by atoms with Gasteiger partial charge in [0, 0.05) is 18.5 Å². The van der Waals surface area contributed by atoms with Crippen LogP contribution in [0.15, 0.2) is 54.6 Å². The van der Waals surface area contributed by atoms with Crippen LogP contribution >= 0.6 is 0 Å². The van der Waals surface area contributed by atoms with Crippen molar-refractivity contribution in [1.82, 2.24) is 15.5 Å². The first kappa shape index (κ1) is 32.9. The smallest absolute Gasteiger partial charge is 0.408 e. The molecule has 0 radical (unpaired) electrons. The summed E-state index contributed by atoms with van der Waals surface area (Å²) in [6.45, 7) is 15.7. The molecular formula is C33H49N3O4. The van der Waals surface area contributed by atoms with E-state index in [0.717, 1.165) is 42.4 Å². The van der Waals surface area contributed by atoms with E-state index in [1.54, 1.807) is 25.7 Å². The van der Waals surface area contributed by atoms with E-state index in [9.17, 15) is 14.4 Å². The minimum absolute atomic E-state index is 0.252. The average Bonchev–Trinajstić information content (AvgIpc) is 2.86.